The van der Waals surface area contributed by atoms with Gasteiger partial charge in [-0.05, 0) is 46.9 Å². The molecule has 1 aromatic carbocycles. The fraction of sp³-hybridized carbons (Fsp3) is 0. The Bertz CT molecular complexity index is 1020. The summed E-state index contributed by atoms with van der Waals surface area (Å²) in [6.07, 6.45) is 0. The van der Waals surface area contributed by atoms with Crippen LogP contribution in [-0.2, 0) is 10.0 Å². The summed E-state index contributed by atoms with van der Waals surface area (Å²) in [5.41, 5.74) is 0.437. The molecule has 3 aromatic rings. The maximum absolute atomic E-state index is 12.8. The van der Waals surface area contributed by atoms with Crippen LogP contribution in [0, 0.1) is 15.0 Å². The van der Waals surface area contributed by atoms with Gasteiger partial charge in [-0.1, -0.05) is 29.8 Å². The summed E-state index contributed by atoms with van der Waals surface area (Å²) < 4.78 is 27.2. The predicted octanol–water partition coefficient (Wildman–Crippen LogP) is 3.40. The molecule has 0 atom stereocenters. The van der Waals surface area contributed by atoms with Crippen molar-refractivity contribution in [1.29, 1.82) is 5.26 Å². The Morgan fingerprint density at radius 3 is 2.55 bits per heavy atom. The van der Waals surface area contributed by atoms with E-state index in [2.05, 4.69) is 4.98 Å². The highest BCUT2D eigenvalue weighted by Gasteiger charge is 2.24. The summed E-state index contributed by atoms with van der Waals surface area (Å²) in [4.78, 5) is 4.23. The van der Waals surface area contributed by atoms with Crippen molar-refractivity contribution in [2.75, 3.05) is 0 Å². The number of aromatic nitrogens is 2. The summed E-state index contributed by atoms with van der Waals surface area (Å²) in [5, 5.41) is 9.71. The van der Waals surface area contributed by atoms with Gasteiger partial charge in [-0.25, -0.2) is 17.4 Å². The number of benzene rings is 1. The molecule has 22 heavy (non-hydrogen) atoms. The highest BCUT2D eigenvalue weighted by molar-refractivity contribution is 14.1. The Morgan fingerprint density at radius 1 is 1.23 bits per heavy atom. The smallest absolute Gasteiger partial charge is 0.217 e. The van der Waals surface area contributed by atoms with Crippen molar-refractivity contribution >= 4 is 55.2 Å². The molecule has 0 aliphatic heterocycles. The molecule has 0 bridgehead atoms. The quantitative estimate of drug-likeness (QED) is 0.449. The molecule has 2 aromatic heterocycles. The van der Waals surface area contributed by atoms with Gasteiger partial charge in [-0.15, -0.1) is 0 Å². The van der Waals surface area contributed by atoms with E-state index in [1.807, 2.05) is 28.7 Å². The van der Waals surface area contributed by atoms with Crippen molar-refractivity contribution in [3.63, 3.8) is 0 Å². The Morgan fingerprint density at radius 2 is 1.91 bits per heavy atom. The molecule has 5 nitrogen and oxygen atoms in total. The Hall–Kier alpha value is -1.63. The Kier molecular flexibility index (Phi) is 3.84. The summed E-state index contributed by atoms with van der Waals surface area (Å²) >= 11 is 7.81. The lowest BCUT2D eigenvalue weighted by molar-refractivity contribution is 0.588. The third kappa shape index (κ3) is 2.37. The number of hydrogen-bond acceptors (Lipinski definition) is 4. The highest BCUT2D eigenvalue weighted by Crippen LogP contribution is 2.29. The van der Waals surface area contributed by atoms with Gasteiger partial charge in [-0.2, -0.15) is 5.26 Å². The van der Waals surface area contributed by atoms with E-state index in [4.69, 9.17) is 11.6 Å². The van der Waals surface area contributed by atoms with E-state index in [0.29, 0.717) is 9.09 Å². The van der Waals surface area contributed by atoms with Gasteiger partial charge in [-0.3, -0.25) is 0 Å². The van der Waals surface area contributed by atoms with E-state index in [9.17, 15) is 13.7 Å². The summed E-state index contributed by atoms with van der Waals surface area (Å²) in [6, 6.07) is 13.1. The molecule has 0 saturated carbocycles. The second kappa shape index (κ2) is 5.53. The number of nitriles is 1. The lowest BCUT2D eigenvalue weighted by atomic mass is 10.2. The summed E-state index contributed by atoms with van der Waals surface area (Å²) in [5.74, 6) is 0. The number of rotatable bonds is 2. The predicted molar refractivity (Wildman–Crippen MR) is 91.2 cm³/mol. The Balaban J connectivity index is 2.40. The van der Waals surface area contributed by atoms with E-state index < -0.39 is 10.0 Å². The second-order valence-electron chi connectivity index (χ2n) is 4.39. The van der Waals surface area contributed by atoms with Crippen LogP contribution in [0.15, 0.2) is 47.4 Å². The van der Waals surface area contributed by atoms with Crippen LogP contribution in [0.25, 0.3) is 11.0 Å². The Labute approximate surface area is 145 Å². The van der Waals surface area contributed by atoms with E-state index in [1.165, 1.54) is 18.2 Å². The first-order chi connectivity index (χ1) is 10.4. The van der Waals surface area contributed by atoms with Crippen LogP contribution in [0.5, 0.6) is 0 Å². The second-order valence-corrected chi connectivity index (χ2v) is 7.67. The number of fused-ring (bicyclic) bond motifs is 1. The molecule has 0 N–H and O–H groups in total. The molecule has 8 heteroatoms. The topological polar surface area (TPSA) is 75.8 Å². The van der Waals surface area contributed by atoms with Gasteiger partial charge in [0.05, 0.1) is 14.2 Å². The molecular formula is C14H7ClIN3O2S. The molecule has 0 spiro atoms. The lowest BCUT2D eigenvalue weighted by Gasteiger charge is -2.08. The molecular weight excluding hydrogens is 437 g/mol. The maximum Gasteiger partial charge on any atom is 0.270 e. The average molecular weight is 444 g/mol. The third-order valence-electron chi connectivity index (χ3n) is 3.06. The van der Waals surface area contributed by atoms with Crippen LogP contribution in [0.2, 0.25) is 5.15 Å². The van der Waals surface area contributed by atoms with E-state index >= 15 is 0 Å². The molecule has 2 heterocycles. The van der Waals surface area contributed by atoms with Crippen LogP contribution in [0.4, 0.5) is 0 Å². The first-order valence-corrected chi connectivity index (χ1v) is 8.93. The normalized spacial score (nSPS) is 11.5. The van der Waals surface area contributed by atoms with Gasteiger partial charge < -0.3 is 0 Å². The minimum Gasteiger partial charge on any atom is -0.217 e. The first kappa shape index (κ1) is 15.3. The number of hydrogen-bond donors (Lipinski definition) is 0. The van der Waals surface area contributed by atoms with Gasteiger partial charge in [0, 0.05) is 5.39 Å². The minimum atomic E-state index is -3.82. The van der Waals surface area contributed by atoms with Crippen molar-refractivity contribution < 1.29 is 8.42 Å². The van der Waals surface area contributed by atoms with Crippen molar-refractivity contribution in [2.24, 2.45) is 0 Å². The maximum atomic E-state index is 12.8. The highest BCUT2D eigenvalue weighted by atomic mass is 127. The minimum absolute atomic E-state index is 0.0723. The van der Waals surface area contributed by atoms with Crippen LogP contribution < -0.4 is 0 Å². The van der Waals surface area contributed by atoms with E-state index in [0.717, 1.165) is 3.97 Å². The van der Waals surface area contributed by atoms with Crippen molar-refractivity contribution in [2.45, 2.75) is 4.90 Å². The van der Waals surface area contributed by atoms with Gasteiger partial charge in [0.15, 0.2) is 5.65 Å². The molecule has 0 unspecified atom stereocenters. The van der Waals surface area contributed by atoms with Crippen LogP contribution >= 0.6 is 34.2 Å². The molecule has 0 fully saturated rings. The molecule has 0 aliphatic carbocycles. The number of pyridine rings is 1. The zero-order chi connectivity index (χ0) is 15.9. The lowest BCUT2D eigenvalue weighted by Crippen LogP contribution is -2.15. The summed E-state index contributed by atoms with van der Waals surface area (Å²) in [7, 11) is -3.82. The monoisotopic (exact) mass is 443 g/mol. The van der Waals surface area contributed by atoms with Crippen molar-refractivity contribution in [1.82, 2.24) is 8.96 Å². The number of nitrogens with zero attached hydrogens (tertiary/aromatic N) is 3. The zero-order valence-electron chi connectivity index (χ0n) is 10.9. The molecule has 0 aliphatic rings. The standard InChI is InChI=1S/C14H7ClIN3O2S/c15-12-6-9(8-17)11-7-13(16)19(14(11)18-12)22(20,21)10-4-2-1-3-5-10/h1-7H. The average Bonchev–Trinajstić information content (AvgIpc) is 2.83. The van der Waals surface area contributed by atoms with Gasteiger partial charge in [0.2, 0.25) is 0 Å². The SMILES string of the molecule is N#Cc1cc(Cl)nc2c1cc(I)n2S(=O)(=O)c1ccccc1. The molecule has 0 amide bonds. The fourth-order valence-electron chi connectivity index (χ4n) is 2.11. The van der Waals surface area contributed by atoms with Crippen LogP contribution in [0.3, 0.4) is 0 Å². The van der Waals surface area contributed by atoms with Crippen molar-refractivity contribution in [3.05, 3.63) is 56.9 Å². The van der Waals surface area contributed by atoms with E-state index in [-0.39, 0.29) is 21.3 Å². The molecule has 0 saturated heterocycles. The van der Waals surface area contributed by atoms with E-state index in [1.54, 1.807) is 24.3 Å². The van der Waals surface area contributed by atoms with Crippen molar-refractivity contribution in [3.8, 4) is 6.07 Å². The van der Waals surface area contributed by atoms with Gasteiger partial charge >= 0.3 is 0 Å². The molecule has 3 rings (SSSR count). The zero-order valence-corrected chi connectivity index (χ0v) is 14.6. The van der Waals surface area contributed by atoms with Gasteiger partial charge in [0.1, 0.15) is 11.2 Å². The number of halogens is 2. The molecule has 0 radical (unpaired) electrons. The fourth-order valence-corrected chi connectivity index (χ4v) is 4.97. The van der Waals surface area contributed by atoms with Crippen LogP contribution in [0.1, 0.15) is 5.56 Å². The molecule has 110 valence electrons. The first-order valence-electron chi connectivity index (χ1n) is 6.03. The van der Waals surface area contributed by atoms with Crippen LogP contribution in [-0.4, -0.2) is 17.4 Å². The summed E-state index contributed by atoms with van der Waals surface area (Å²) in [6.45, 7) is 0. The largest absolute Gasteiger partial charge is 0.270 e. The van der Waals surface area contributed by atoms with Gasteiger partial charge in [0.25, 0.3) is 10.0 Å². The third-order valence-corrected chi connectivity index (χ3v) is 6.09.